The van der Waals surface area contributed by atoms with Gasteiger partial charge in [-0.25, -0.2) is 0 Å². The summed E-state index contributed by atoms with van der Waals surface area (Å²) in [5.74, 6) is 2.32. The first-order valence-corrected chi connectivity index (χ1v) is 7.81. The molecule has 0 spiro atoms. The number of para-hydroxylation sites is 1. The first-order valence-electron chi connectivity index (χ1n) is 7.81. The second kappa shape index (κ2) is 8.25. The molecule has 1 heterocycles. The molecule has 0 radical (unpaired) electrons. The lowest BCUT2D eigenvalue weighted by Crippen LogP contribution is -2.27. The van der Waals surface area contributed by atoms with E-state index in [0.29, 0.717) is 5.92 Å². The Morgan fingerprint density at radius 1 is 1.29 bits per heavy atom. The summed E-state index contributed by atoms with van der Waals surface area (Å²) in [5.41, 5.74) is 1.15. The minimum atomic E-state index is 0.221. The maximum atomic E-state index is 6.22. The lowest BCUT2D eigenvalue weighted by atomic mass is 10.1. The molecule has 1 N–H and O–H groups in total. The van der Waals surface area contributed by atoms with Crippen molar-refractivity contribution in [2.45, 2.75) is 39.3 Å². The van der Waals surface area contributed by atoms with Gasteiger partial charge in [-0.3, -0.25) is 0 Å². The average molecular weight is 293 g/mol. The fourth-order valence-electron chi connectivity index (χ4n) is 2.45. The molecule has 1 aromatic rings. The number of hydrogen-bond acceptors (Lipinski definition) is 4. The summed E-state index contributed by atoms with van der Waals surface area (Å²) in [6.07, 6.45) is 2.10. The van der Waals surface area contributed by atoms with Crippen molar-refractivity contribution in [2.75, 3.05) is 26.9 Å². The van der Waals surface area contributed by atoms with Crippen LogP contribution in [-0.4, -0.2) is 33.0 Å². The maximum Gasteiger partial charge on any atom is 0.166 e. The van der Waals surface area contributed by atoms with Gasteiger partial charge in [-0.05, 0) is 18.5 Å². The molecule has 21 heavy (non-hydrogen) atoms. The molecular formula is C17H27NO3. The zero-order chi connectivity index (χ0) is 15.1. The van der Waals surface area contributed by atoms with Gasteiger partial charge in [0.25, 0.3) is 0 Å². The van der Waals surface area contributed by atoms with Gasteiger partial charge in [-0.1, -0.05) is 26.0 Å². The Morgan fingerprint density at radius 3 is 2.71 bits per heavy atom. The van der Waals surface area contributed by atoms with E-state index in [9.17, 15) is 0 Å². The van der Waals surface area contributed by atoms with E-state index in [1.54, 1.807) is 7.11 Å². The molecule has 0 bridgehead atoms. The Balaban J connectivity index is 2.07. The molecule has 0 aliphatic carbocycles. The van der Waals surface area contributed by atoms with E-state index in [1.807, 2.05) is 12.1 Å². The third-order valence-corrected chi connectivity index (χ3v) is 3.60. The molecule has 2 rings (SSSR count). The van der Waals surface area contributed by atoms with Crippen molar-refractivity contribution in [3.8, 4) is 11.5 Å². The molecule has 0 atom stereocenters. The number of ether oxygens (including phenoxy) is 3. The second-order valence-electron chi connectivity index (χ2n) is 5.90. The Hall–Kier alpha value is -1.26. The Morgan fingerprint density at radius 2 is 2.05 bits per heavy atom. The van der Waals surface area contributed by atoms with Gasteiger partial charge < -0.3 is 19.5 Å². The summed E-state index contributed by atoms with van der Waals surface area (Å²) in [6.45, 7) is 7.76. The minimum absolute atomic E-state index is 0.221. The van der Waals surface area contributed by atoms with E-state index >= 15 is 0 Å². The van der Waals surface area contributed by atoms with Gasteiger partial charge in [0.05, 0.1) is 20.3 Å². The van der Waals surface area contributed by atoms with Gasteiger partial charge >= 0.3 is 0 Å². The smallest absolute Gasteiger partial charge is 0.166 e. The highest BCUT2D eigenvalue weighted by atomic mass is 16.5. The van der Waals surface area contributed by atoms with E-state index in [1.165, 1.54) is 0 Å². The van der Waals surface area contributed by atoms with Crippen LogP contribution in [0.15, 0.2) is 18.2 Å². The molecule has 118 valence electrons. The second-order valence-corrected chi connectivity index (χ2v) is 5.90. The van der Waals surface area contributed by atoms with Crippen molar-refractivity contribution in [1.29, 1.82) is 0 Å². The normalized spacial score (nSPS) is 16.2. The van der Waals surface area contributed by atoms with Crippen LogP contribution in [0.4, 0.5) is 0 Å². The third-order valence-electron chi connectivity index (χ3n) is 3.60. The first kappa shape index (κ1) is 16.1. The van der Waals surface area contributed by atoms with Crippen LogP contribution in [0.2, 0.25) is 0 Å². The fraction of sp³-hybridized carbons (Fsp3) is 0.647. The van der Waals surface area contributed by atoms with E-state index in [4.69, 9.17) is 14.2 Å². The van der Waals surface area contributed by atoms with Crippen molar-refractivity contribution in [2.24, 2.45) is 5.92 Å². The van der Waals surface area contributed by atoms with Crippen molar-refractivity contribution in [3.63, 3.8) is 0 Å². The van der Waals surface area contributed by atoms with Crippen molar-refractivity contribution in [3.05, 3.63) is 23.8 Å². The molecule has 1 aliphatic heterocycles. The Bertz CT molecular complexity index is 428. The van der Waals surface area contributed by atoms with Crippen LogP contribution in [0.1, 0.15) is 32.3 Å². The van der Waals surface area contributed by atoms with Gasteiger partial charge in [0.1, 0.15) is 6.10 Å². The van der Waals surface area contributed by atoms with E-state index in [2.05, 4.69) is 25.2 Å². The maximum absolute atomic E-state index is 6.22. The molecule has 1 fully saturated rings. The summed E-state index contributed by atoms with van der Waals surface area (Å²) >= 11 is 0. The number of nitrogens with one attached hydrogen (secondary N) is 1. The fourth-order valence-corrected chi connectivity index (χ4v) is 2.45. The summed E-state index contributed by atoms with van der Waals surface area (Å²) in [7, 11) is 1.69. The standard InChI is InChI=1S/C17H27NO3/c1-13(2)11-18-12-14-5-4-6-16(19-3)17(14)21-15-7-9-20-10-8-15/h4-6,13,15,18H,7-12H2,1-3H3. The highest BCUT2D eigenvalue weighted by Gasteiger charge is 2.19. The lowest BCUT2D eigenvalue weighted by molar-refractivity contribution is 0.0241. The van der Waals surface area contributed by atoms with E-state index in [0.717, 1.165) is 56.2 Å². The summed E-state index contributed by atoms with van der Waals surface area (Å²) in [6, 6.07) is 6.08. The number of methoxy groups -OCH3 is 1. The summed E-state index contributed by atoms with van der Waals surface area (Å²) < 4.78 is 17.1. The first-order chi connectivity index (χ1) is 10.2. The third kappa shape index (κ3) is 4.90. The van der Waals surface area contributed by atoms with Crippen molar-refractivity contribution >= 4 is 0 Å². The van der Waals surface area contributed by atoms with Crippen LogP contribution in [0.5, 0.6) is 11.5 Å². The van der Waals surface area contributed by atoms with Gasteiger partial charge in [0.15, 0.2) is 11.5 Å². The molecule has 0 unspecified atom stereocenters. The van der Waals surface area contributed by atoms with Crippen LogP contribution in [0.3, 0.4) is 0 Å². The predicted octanol–water partition coefficient (Wildman–Crippen LogP) is 3.00. The molecule has 4 heteroatoms. The van der Waals surface area contributed by atoms with Gasteiger partial charge in [-0.15, -0.1) is 0 Å². The molecule has 1 aromatic carbocycles. The quantitative estimate of drug-likeness (QED) is 0.839. The van der Waals surface area contributed by atoms with Crippen LogP contribution in [0.25, 0.3) is 0 Å². The number of benzene rings is 1. The molecule has 4 nitrogen and oxygen atoms in total. The van der Waals surface area contributed by atoms with Crippen molar-refractivity contribution < 1.29 is 14.2 Å². The van der Waals surface area contributed by atoms with Crippen LogP contribution in [0, 0.1) is 5.92 Å². The SMILES string of the molecule is COc1cccc(CNCC(C)C)c1OC1CCOCC1. The zero-order valence-corrected chi connectivity index (χ0v) is 13.4. The Kier molecular flexibility index (Phi) is 6.33. The van der Waals surface area contributed by atoms with Gasteiger partial charge in [-0.2, -0.15) is 0 Å². The van der Waals surface area contributed by atoms with E-state index in [-0.39, 0.29) is 6.10 Å². The van der Waals surface area contributed by atoms with Crippen molar-refractivity contribution in [1.82, 2.24) is 5.32 Å². The minimum Gasteiger partial charge on any atom is -0.493 e. The number of hydrogen-bond donors (Lipinski definition) is 1. The lowest BCUT2D eigenvalue weighted by Gasteiger charge is -2.25. The van der Waals surface area contributed by atoms with Crippen LogP contribution >= 0.6 is 0 Å². The topological polar surface area (TPSA) is 39.7 Å². The monoisotopic (exact) mass is 293 g/mol. The van der Waals surface area contributed by atoms with Gasteiger partial charge in [0, 0.05) is 24.9 Å². The Labute approximate surface area is 127 Å². The molecule has 0 amide bonds. The summed E-state index contributed by atoms with van der Waals surface area (Å²) in [4.78, 5) is 0. The molecule has 1 aliphatic rings. The molecule has 0 saturated carbocycles. The highest BCUT2D eigenvalue weighted by Crippen LogP contribution is 2.33. The molecular weight excluding hydrogens is 266 g/mol. The summed E-state index contributed by atoms with van der Waals surface area (Å²) in [5, 5.41) is 3.47. The number of rotatable bonds is 7. The largest absolute Gasteiger partial charge is 0.493 e. The predicted molar refractivity (Wildman–Crippen MR) is 84.0 cm³/mol. The highest BCUT2D eigenvalue weighted by molar-refractivity contribution is 5.46. The zero-order valence-electron chi connectivity index (χ0n) is 13.4. The van der Waals surface area contributed by atoms with Crippen LogP contribution in [-0.2, 0) is 11.3 Å². The van der Waals surface area contributed by atoms with Gasteiger partial charge in [0.2, 0.25) is 0 Å². The van der Waals surface area contributed by atoms with Crippen LogP contribution < -0.4 is 14.8 Å². The molecule has 1 saturated heterocycles. The van der Waals surface area contributed by atoms with E-state index < -0.39 is 0 Å². The molecule has 0 aromatic heterocycles. The average Bonchev–Trinajstić information content (AvgIpc) is 2.49.